The van der Waals surface area contributed by atoms with Gasteiger partial charge in [-0.05, 0) is 18.6 Å². The fraction of sp³-hybridized carbons (Fsp3) is 0.455. The largest absolute Gasteiger partial charge is 0.411 e. The van der Waals surface area contributed by atoms with Gasteiger partial charge in [-0.25, -0.2) is 4.98 Å². The fourth-order valence-electron chi connectivity index (χ4n) is 1.20. The molecule has 0 spiro atoms. The Morgan fingerprint density at radius 3 is 2.79 bits per heavy atom. The molecular formula is C11H11ClF3N3O. The Bertz CT molecular complexity index is 459. The third-order valence-electron chi connectivity index (χ3n) is 1.99. The van der Waals surface area contributed by atoms with Crippen molar-refractivity contribution >= 4 is 17.4 Å². The van der Waals surface area contributed by atoms with Gasteiger partial charge in [0.1, 0.15) is 18.5 Å². The molecule has 0 saturated carbocycles. The first-order valence-corrected chi connectivity index (χ1v) is 5.75. The van der Waals surface area contributed by atoms with Crippen molar-refractivity contribution < 1.29 is 17.9 Å². The fourth-order valence-corrected chi connectivity index (χ4v) is 1.35. The van der Waals surface area contributed by atoms with Crippen LogP contribution in [0.2, 0.25) is 5.02 Å². The van der Waals surface area contributed by atoms with Gasteiger partial charge in [0.15, 0.2) is 5.69 Å². The number of nitriles is 1. The topological polar surface area (TPSA) is 57.9 Å². The molecule has 19 heavy (non-hydrogen) atoms. The molecule has 104 valence electrons. The molecular weight excluding hydrogens is 283 g/mol. The van der Waals surface area contributed by atoms with E-state index in [1.165, 1.54) is 6.07 Å². The summed E-state index contributed by atoms with van der Waals surface area (Å²) in [5.41, 5.74) is 0.0972. The monoisotopic (exact) mass is 293 g/mol. The summed E-state index contributed by atoms with van der Waals surface area (Å²) in [6, 6.07) is 4.94. The molecule has 1 heterocycles. The van der Waals surface area contributed by atoms with Crippen LogP contribution in [-0.2, 0) is 4.74 Å². The first kappa shape index (κ1) is 15.5. The van der Waals surface area contributed by atoms with Crippen molar-refractivity contribution in [1.29, 1.82) is 5.26 Å². The van der Waals surface area contributed by atoms with Crippen molar-refractivity contribution in [2.45, 2.75) is 12.6 Å². The molecule has 1 N–H and O–H groups in total. The van der Waals surface area contributed by atoms with Crippen molar-refractivity contribution in [3.63, 3.8) is 0 Å². The van der Waals surface area contributed by atoms with Crippen LogP contribution in [0.1, 0.15) is 12.1 Å². The number of nitrogens with zero attached hydrogens (tertiary/aromatic N) is 2. The van der Waals surface area contributed by atoms with Crippen molar-refractivity contribution in [3.8, 4) is 6.07 Å². The third-order valence-corrected chi connectivity index (χ3v) is 2.29. The van der Waals surface area contributed by atoms with E-state index in [0.29, 0.717) is 18.8 Å². The van der Waals surface area contributed by atoms with E-state index in [-0.39, 0.29) is 17.3 Å². The maximum Gasteiger partial charge on any atom is 0.411 e. The average Bonchev–Trinajstić information content (AvgIpc) is 2.34. The summed E-state index contributed by atoms with van der Waals surface area (Å²) in [7, 11) is 0. The van der Waals surface area contributed by atoms with Crippen molar-refractivity contribution in [3.05, 3.63) is 22.8 Å². The Balaban J connectivity index is 2.25. The predicted molar refractivity (Wildman–Crippen MR) is 63.9 cm³/mol. The molecule has 0 bridgehead atoms. The molecule has 0 atom stereocenters. The van der Waals surface area contributed by atoms with Crippen LogP contribution in [-0.4, -0.2) is 30.9 Å². The highest BCUT2D eigenvalue weighted by Gasteiger charge is 2.27. The molecule has 0 aromatic carbocycles. The van der Waals surface area contributed by atoms with Gasteiger partial charge >= 0.3 is 6.18 Å². The second-order valence-corrected chi connectivity index (χ2v) is 3.99. The minimum atomic E-state index is -4.30. The highest BCUT2D eigenvalue weighted by Crippen LogP contribution is 2.16. The van der Waals surface area contributed by atoms with Gasteiger partial charge in [0, 0.05) is 13.2 Å². The number of hydrogen-bond donors (Lipinski definition) is 1. The van der Waals surface area contributed by atoms with Gasteiger partial charge in [-0.3, -0.25) is 0 Å². The van der Waals surface area contributed by atoms with Crippen LogP contribution in [0.5, 0.6) is 0 Å². The summed E-state index contributed by atoms with van der Waals surface area (Å²) < 4.78 is 39.7. The van der Waals surface area contributed by atoms with Gasteiger partial charge in [0.2, 0.25) is 0 Å². The number of ether oxygens (including phenoxy) is 1. The predicted octanol–water partition coefficient (Wildman–Crippen LogP) is 2.99. The van der Waals surface area contributed by atoms with E-state index in [1.807, 2.05) is 6.07 Å². The van der Waals surface area contributed by atoms with E-state index >= 15 is 0 Å². The summed E-state index contributed by atoms with van der Waals surface area (Å²) in [5, 5.41) is 11.8. The highest BCUT2D eigenvalue weighted by atomic mass is 35.5. The molecule has 0 radical (unpaired) electrons. The second-order valence-electron chi connectivity index (χ2n) is 3.59. The Morgan fingerprint density at radius 2 is 2.16 bits per heavy atom. The van der Waals surface area contributed by atoms with Crippen LogP contribution in [0.4, 0.5) is 19.0 Å². The van der Waals surface area contributed by atoms with Gasteiger partial charge in [-0.2, -0.15) is 18.4 Å². The zero-order chi connectivity index (χ0) is 14.3. The summed E-state index contributed by atoms with van der Waals surface area (Å²) in [6.07, 6.45) is -3.91. The minimum absolute atomic E-state index is 0.00872. The average molecular weight is 294 g/mol. The van der Waals surface area contributed by atoms with Crippen LogP contribution in [0.25, 0.3) is 0 Å². The molecule has 1 rings (SSSR count). The van der Waals surface area contributed by atoms with Gasteiger partial charge in [-0.1, -0.05) is 11.6 Å². The zero-order valence-corrected chi connectivity index (χ0v) is 10.6. The number of hydrogen-bond acceptors (Lipinski definition) is 4. The Kier molecular flexibility index (Phi) is 5.86. The first-order valence-electron chi connectivity index (χ1n) is 5.37. The standard InChI is InChI=1S/C11H11ClF3N3O/c12-8-2-3-10(18-9(8)6-16)17-4-1-5-19-7-11(13,14)15/h2-3H,1,4-5,7H2,(H,17,18). The molecule has 0 unspecified atom stereocenters. The number of halogens is 4. The maximum atomic E-state index is 11.8. The van der Waals surface area contributed by atoms with E-state index in [4.69, 9.17) is 16.9 Å². The highest BCUT2D eigenvalue weighted by molar-refractivity contribution is 6.31. The summed E-state index contributed by atoms with van der Waals surface area (Å²) >= 11 is 5.70. The summed E-state index contributed by atoms with van der Waals surface area (Å²) in [4.78, 5) is 3.92. The van der Waals surface area contributed by atoms with Crippen LogP contribution in [0.15, 0.2) is 12.1 Å². The molecule has 0 saturated heterocycles. The lowest BCUT2D eigenvalue weighted by atomic mass is 10.3. The Labute approximate surface area is 113 Å². The number of pyridine rings is 1. The van der Waals surface area contributed by atoms with Gasteiger partial charge in [-0.15, -0.1) is 0 Å². The van der Waals surface area contributed by atoms with Crippen LogP contribution in [0, 0.1) is 11.3 Å². The molecule has 0 amide bonds. The molecule has 1 aromatic rings. The Hall–Kier alpha value is -1.52. The number of rotatable bonds is 6. The van der Waals surface area contributed by atoms with Crippen LogP contribution < -0.4 is 5.32 Å². The van der Waals surface area contributed by atoms with E-state index in [2.05, 4.69) is 15.0 Å². The number of nitrogens with one attached hydrogen (secondary N) is 1. The number of alkyl halides is 3. The summed E-state index contributed by atoms with van der Waals surface area (Å²) in [5.74, 6) is 0.441. The smallest absolute Gasteiger partial charge is 0.372 e. The zero-order valence-electron chi connectivity index (χ0n) is 9.80. The van der Waals surface area contributed by atoms with E-state index in [0.717, 1.165) is 0 Å². The van der Waals surface area contributed by atoms with E-state index in [9.17, 15) is 13.2 Å². The quantitative estimate of drug-likeness (QED) is 0.819. The van der Waals surface area contributed by atoms with E-state index in [1.54, 1.807) is 6.07 Å². The first-order chi connectivity index (χ1) is 8.92. The molecule has 0 aliphatic rings. The van der Waals surface area contributed by atoms with Crippen LogP contribution >= 0.6 is 11.6 Å². The second kappa shape index (κ2) is 7.16. The molecule has 8 heteroatoms. The van der Waals surface area contributed by atoms with E-state index < -0.39 is 12.8 Å². The molecule has 0 fully saturated rings. The Morgan fingerprint density at radius 1 is 1.42 bits per heavy atom. The van der Waals surface area contributed by atoms with Crippen molar-refractivity contribution in [1.82, 2.24) is 4.98 Å². The lowest BCUT2D eigenvalue weighted by Crippen LogP contribution is -2.18. The molecule has 0 aliphatic carbocycles. The summed E-state index contributed by atoms with van der Waals surface area (Å²) in [6.45, 7) is -0.868. The van der Waals surface area contributed by atoms with Gasteiger partial charge in [0.05, 0.1) is 5.02 Å². The maximum absolute atomic E-state index is 11.8. The van der Waals surface area contributed by atoms with Gasteiger partial charge in [0.25, 0.3) is 0 Å². The molecule has 4 nitrogen and oxygen atoms in total. The number of aromatic nitrogens is 1. The SMILES string of the molecule is N#Cc1nc(NCCCOCC(F)(F)F)ccc1Cl. The normalized spacial score (nSPS) is 11.1. The lowest BCUT2D eigenvalue weighted by Gasteiger charge is -2.08. The minimum Gasteiger partial charge on any atom is -0.372 e. The van der Waals surface area contributed by atoms with Crippen LogP contribution in [0.3, 0.4) is 0 Å². The van der Waals surface area contributed by atoms with Crippen molar-refractivity contribution in [2.75, 3.05) is 25.1 Å². The molecule has 0 aliphatic heterocycles. The van der Waals surface area contributed by atoms with Gasteiger partial charge < -0.3 is 10.1 Å². The lowest BCUT2D eigenvalue weighted by molar-refractivity contribution is -0.173. The number of anilines is 1. The van der Waals surface area contributed by atoms with Crippen molar-refractivity contribution in [2.24, 2.45) is 0 Å². The third kappa shape index (κ3) is 6.27. The molecule has 1 aromatic heterocycles.